The van der Waals surface area contributed by atoms with Crippen molar-refractivity contribution >= 4 is 18.9 Å². The summed E-state index contributed by atoms with van der Waals surface area (Å²) in [6.45, 7) is 4.48. The molecule has 0 fully saturated rings. The molecule has 0 bridgehead atoms. The van der Waals surface area contributed by atoms with Crippen molar-refractivity contribution in [1.82, 2.24) is 10.6 Å². The second kappa shape index (κ2) is 9.53. The summed E-state index contributed by atoms with van der Waals surface area (Å²) in [6, 6.07) is 11.5. The van der Waals surface area contributed by atoms with Crippen molar-refractivity contribution in [1.29, 1.82) is 0 Å². The lowest BCUT2D eigenvalue weighted by Crippen LogP contribution is -2.59. The van der Waals surface area contributed by atoms with Crippen molar-refractivity contribution in [3.05, 3.63) is 70.8 Å². The van der Waals surface area contributed by atoms with E-state index in [2.05, 4.69) is 10.6 Å². The van der Waals surface area contributed by atoms with Crippen LogP contribution < -0.4 is 10.6 Å². The van der Waals surface area contributed by atoms with E-state index < -0.39 is 47.7 Å². The fourth-order valence-electron chi connectivity index (χ4n) is 3.01. The van der Waals surface area contributed by atoms with E-state index in [4.69, 9.17) is 0 Å². The Balaban J connectivity index is 2.15. The second-order valence-electron chi connectivity index (χ2n) is 7.81. The minimum absolute atomic E-state index is 0.103. The molecular weight excluding hydrogens is 412 g/mol. The first-order valence-corrected chi connectivity index (χ1v) is 9.52. The molecule has 0 aliphatic heterocycles. The van der Waals surface area contributed by atoms with Crippen LogP contribution in [-0.4, -0.2) is 40.5 Å². The molecule has 0 unspecified atom stereocenters. The minimum Gasteiger partial charge on any atom is -0.426 e. The number of amides is 2. The van der Waals surface area contributed by atoms with E-state index in [9.17, 15) is 32.8 Å². The number of nitrogens with one attached hydrogen (secondary N) is 2. The van der Waals surface area contributed by atoms with Gasteiger partial charge in [0.05, 0.1) is 17.1 Å². The molecule has 0 aliphatic carbocycles. The first-order chi connectivity index (χ1) is 14.3. The third-order valence-electron chi connectivity index (χ3n) is 4.69. The average molecular weight is 436 g/mol. The van der Waals surface area contributed by atoms with E-state index in [1.807, 2.05) is 19.1 Å². The number of halogens is 3. The van der Waals surface area contributed by atoms with Crippen molar-refractivity contribution in [3.8, 4) is 0 Å². The number of rotatable bonds is 7. The van der Waals surface area contributed by atoms with Crippen LogP contribution in [0.5, 0.6) is 0 Å². The molecular formula is C21H24BF3N2O4. The van der Waals surface area contributed by atoms with Gasteiger partial charge >= 0.3 is 13.3 Å². The lowest BCUT2D eigenvalue weighted by Gasteiger charge is -2.28. The Hall–Kier alpha value is -2.85. The van der Waals surface area contributed by atoms with Crippen LogP contribution in [0.4, 0.5) is 13.2 Å². The van der Waals surface area contributed by atoms with Gasteiger partial charge in [0.1, 0.15) is 5.54 Å². The van der Waals surface area contributed by atoms with Crippen molar-refractivity contribution in [2.24, 2.45) is 0 Å². The van der Waals surface area contributed by atoms with Gasteiger partial charge in [-0.1, -0.05) is 42.0 Å². The highest BCUT2D eigenvalue weighted by atomic mass is 19.4. The number of carbonyl (C=O) groups is 2. The van der Waals surface area contributed by atoms with E-state index in [0.29, 0.717) is 0 Å². The first-order valence-electron chi connectivity index (χ1n) is 9.52. The third-order valence-corrected chi connectivity index (χ3v) is 4.69. The summed E-state index contributed by atoms with van der Waals surface area (Å²) in [5, 5.41) is 24.1. The van der Waals surface area contributed by atoms with Crippen LogP contribution in [0.15, 0.2) is 48.5 Å². The molecule has 0 radical (unpaired) electrons. The van der Waals surface area contributed by atoms with E-state index in [1.165, 1.54) is 19.9 Å². The molecule has 6 nitrogen and oxygen atoms in total. The number of hydrogen-bond acceptors (Lipinski definition) is 4. The number of benzene rings is 2. The van der Waals surface area contributed by atoms with Crippen molar-refractivity contribution < 1.29 is 32.8 Å². The SMILES string of the molecule is Cc1cccc(C[C@H](NC(=O)C(C)(C)NC(=O)c2ccccc2C(F)(F)F)B(O)O)c1. The summed E-state index contributed by atoms with van der Waals surface area (Å²) < 4.78 is 39.5. The van der Waals surface area contributed by atoms with Gasteiger partial charge in [0.2, 0.25) is 5.91 Å². The van der Waals surface area contributed by atoms with Gasteiger partial charge in [-0.3, -0.25) is 9.59 Å². The predicted octanol–water partition coefficient (Wildman–Crippen LogP) is 2.26. The molecule has 0 saturated carbocycles. The standard InChI is InChI=1S/C21H24BF3N2O4/c1-13-7-6-8-14(11-13)12-17(22(30)31)26-19(29)20(2,3)27-18(28)15-9-4-5-10-16(15)21(23,24)25/h4-11,17,30-31H,12H2,1-3H3,(H,26,29)(H,27,28)/t17-/m0/s1. The molecule has 2 aromatic rings. The number of alkyl halides is 3. The normalized spacial score (nSPS) is 12.8. The Morgan fingerprint density at radius 2 is 1.71 bits per heavy atom. The zero-order valence-corrected chi connectivity index (χ0v) is 17.3. The van der Waals surface area contributed by atoms with Crippen LogP contribution in [0.25, 0.3) is 0 Å². The van der Waals surface area contributed by atoms with E-state index in [-0.39, 0.29) is 6.42 Å². The zero-order chi connectivity index (χ0) is 23.4. The Labute approximate surface area is 178 Å². The molecule has 0 aromatic heterocycles. The van der Waals surface area contributed by atoms with Gasteiger partial charge in [-0.05, 0) is 44.9 Å². The van der Waals surface area contributed by atoms with Crippen LogP contribution in [0.2, 0.25) is 0 Å². The summed E-state index contributed by atoms with van der Waals surface area (Å²) in [5.74, 6) is -2.95. The van der Waals surface area contributed by atoms with Gasteiger partial charge in [0.15, 0.2) is 0 Å². The highest BCUT2D eigenvalue weighted by Crippen LogP contribution is 2.32. The predicted molar refractivity (Wildman–Crippen MR) is 110 cm³/mol. The fourth-order valence-corrected chi connectivity index (χ4v) is 3.01. The monoisotopic (exact) mass is 436 g/mol. The molecule has 0 aliphatic rings. The van der Waals surface area contributed by atoms with E-state index >= 15 is 0 Å². The van der Waals surface area contributed by atoms with Crippen LogP contribution in [0.1, 0.15) is 40.9 Å². The van der Waals surface area contributed by atoms with Gasteiger partial charge in [-0.15, -0.1) is 0 Å². The summed E-state index contributed by atoms with van der Waals surface area (Å²) in [4.78, 5) is 25.2. The zero-order valence-electron chi connectivity index (χ0n) is 17.3. The molecule has 0 saturated heterocycles. The lowest BCUT2D eigenvalue weighted by molar-refractivity contribution is -0.137. The average Bonchev–Trinajstić information content (AvgIpc) is 2.66. The molecule has 0 spiro atoms. The molecule has 1 atom stereocenters. The van der Waals surface area contributed by atoms with Crippen LogP contribution >= 0.6 is 0 Å². The van der Waals surface area contributed by atoms with Crippen LogP contribution in [0.3, 0.4) is 0 Å². The molecule has 2 aromatic carbocycles. The van der Waals surface area contributed by atoms with Gasteiger partial charge in [-0.2, -0.15) is 13.2 Å². The second-order valence-corrected chi connectivity index (χ2v) is 7.81. The minimum atomic E-state index is -4.74. The number of hydrogen-bond donors (Lipinski definition) is 4. The topological polar surface area (TPSA) is 98.7 Å². The van der Waals surface area contributed by atoms with E-state index in [0.717, 1.165) is 29.3 Å². The Bertz CT molecular complexity index is 948. The summed E-state index contributed by atoms with van der Waals surface area (Å²) in [6.07, 6.45) is -4.63. The molecule has 10 heteroatoms. The highest BCUT2D eigenvalue weighted by molar-refractivity contribution is 6.43. The summed E-state index contributed by atoms with van der Waals surface area (Å²) >= 11 is 0. The maximum Gasteiger partial charge on any atom is 0.475 e. The highest BCUT2D eigenvalue weighted by Gasteiger charge is 2.38. The maximum atomic E-state index is 13.2. The molecule has 2 rings (SSSR count). The summed E-state index contributed by atoms with van der Waals surface area (Å²) in [5.41, 5.74) is -1.67. The van der Waals surface area contributed by atoms with Gasteiger partial charge in [0.25, 0.3) is 5.91 Å². The third kappa shape index (κ3) is 6.57. The molecule has 0 heterocycles. The molecule has 166 valence electrons. The Morgan fingerprint density at radius 1 is 1.06 bits per heavy atom. The van der Waals surface area contributed by atoms with Crippen molar-refractivity contribution in [3.63, 3.8) is 0 Å². The lowest BCUT2D eigenvalue weighted by atomic mass is 9.75. The Kier molecular flexibility index (Phi) is 7.51. The van der Waals surface area contributed by atoms with E-state index in [1.54, 1.807) is 12.1 Å². The molecule has 31 heavy (non-hydrogen) atoms. The van der Waals surface area contributed by atoms with Gasteiger partial charge in [-0.25, -0.2) is 0 Å². The maximum absolute atomic E-state index is 13.2. The quantitative estimate of drug-likeness (QED) is 0.501. The Morgan fingerprint density at radius 3 is 2.29 bits per heavy atom. The number of aryl methyl sites for hydroxylation is 1. The van der Waals surface area contributed by atoms with Gasteiger partial charge in [0, 0.05) is 0 Å². The smallest absolute Gasteiger partial charge is 0.426 e. The first kappa shape index (κ1) is 24.4. The largest absolute Gasteiger partial charge is 0.475 e. The van der Waals surface area contributed by atoms with Crippen LogP contribution in [0, 0.1) is 6.92 Å². The summed E-state index contributed by atoms with van der Waals surface area (Å²) in [7, 11) is -1.89. The fraction of sp³-hybridized carbons (Fsp3) is 0.333. The molecule has 2 amide bonds. The number of carbonyl (C=O) groups excluding carboxylic acids is 2. The van der Waals surface area contributed by atoms with Crippen molar-refractivity contribution in [2.45, 2.75) is 44.8 Å². The molecule has 4 N–H and O–H groups in total. The van der Waals surface area contributed by atoms with Crippen molar-refractivity contribution in [2.75, 3.05) is 0 Å². The van der Waals surface area contributed by atoms with Gasteiger partial charge < -0.3 is 20.7 Å². The van der Waals surface area contributed by atoms with Crippen LogP contribution in [-0.2, 0) is 17.4 Å².